The van der Waals surface area contributed by atoms with Crippen LogP contribution in [-0.4, -0.2) is 23.0 Å². The summed E-state index contributed by atoms with van der Waals surface area (Å²) in [4.78, 5) is 22.7. The molecule has 22 heavy (non-hydrogen) atoms. The van der Waals surface area contributed by atoms with E-state index in [1.54, 1.807) is 13.8 Å². The Morgan fingerprint density at radius 1 is 1.14 bits per heavy atom. The highest BCUT2D eigenvalue weighted by Crippen LogP contribution is 2.22. The molecule has 0 spiro atoms. The lowest BCUT2D eigenvalue weighted by atomic mass is 9.86. The average Bonchev–Trinajstić information content (AvgIpc) is 2.43. The largest absolute Gasteiger partial charge is 0.481 e. The van der Waals surface area contributed by atoms with E-state index in [1.165, 1.54) is 5.56 Å². The molecule has 0 fully saturated rings. The molecule has 0 saturated heterocycles. The highest BCUT2D eigenvalue weighted by molar-refractivity contribution is 5.78. The fraction of sp³-hybridized carbons (Fsp3) is 0.556. The first-order chi connectivity index (χ1) is 10.1. The molecule has 0 saturated carbocycles. The molecule has 2 unspecified atom stereocenters. The van der Waals surface area contributed by atoms with Gasteiger partial charge in [-0.2, -0.15) is 0 Å². The predicted molar refractivity (Wildman–Crippen MR) is 87.9 cm³/mol. The van der Waals surface area contributed by atoms with Crippen LogP contribution in [0.4, 0.5) is 0 Å². The quantitative estimate of drug-likeness (QED) is 0.848. The number of carbonyl (C=O) groups excluding carboxylic acids is 1. The Labute approximate surface area is 132 Å². The highest BCUT2D eigenvalue weighted by Gasteiger charge is 2.20. The molecule has 0 aromatic heterocycles. The Morgan fingerprint density at radius 2 is 1.68 bits per heavy atom. The number of rotatable bonds is 6. The predicted octanol–water partition coefficient (Wildman–Crippen LogP) is 3.14. The molecule has 0 aliphatic heterocycles. The van der Waals surface area contributed by atoms with Crippen LogP contribution in [0, 0.1) is 5.92 Å². The van der Waals surface area contributed by atoms with Gasteiger partial charge in [0.1, 0.15) is 0 Å². The molecule has 1 aromatic rings. The summed E-state index contributed by atoms with van der Waals surface area (Å²) in [5.74, 6) is -1.60. The van der Waals surface area contributed by atoms with E-state index in [0.29, 0.717) is 12.8 Å². The normalized spacial score (nSPS) is 14.2. The molecule has 0 aliphatic rings. The van der Waals surface area contributed by atoms with Gasteiger partial charge in [0, 0.05) is 12.5 Å². The summed E-state index contributed by atoms with van der Waals surface area (Å²) < 4.78 is 0. The number of carboxylic acid groups (broad SMARTS) is 1. The topological polar surface area (TPSA) is 66.4 Å². The second-order valence-electron chi connectivity index (χ2n) is 6.93. The standard InChI is InChI=1S/C18H27NO3/c1-12(17(21)22)13(2)19-16(20)11-8-14-6-9-15(10-7-14)18(3,4)5/h6-7,9-10,12-13H,8,11H2,1-5H3,(H,19,20)(H,21,22). The molecule has 0 bridgehead atoms. The Bertz CT molecular complexity index is 514. The van der Waals surface area contributed by atoms with Gasteiger partial charge in [-0.25, -0.2) is 0 Å². The molecule has 2 atom stereocenters. The van der Waals surface area contributed by atoms with Gasteiger partial charge in [-0.05, 0) is 36.8 Å². The fourth-order valence-corrected chi connectivity index (χ4v) is 2.09. The van der Waals surface area contributed by atoms with Crippen molar-refractivity contribution in [3.05, 3.63) is 35.4 Å². The number of aliphatic carboxylic acids is 1. The van der Waals surface area contributed by atoms with Crippen LogP contribution in [0.25, 0.3) is 0 Å². The summed E-state index contributed by atoms with van der Waals surface area (Å²) in [6.45, 7) is 9.81. The lowest BCUT2D eigenvalue weighted by Crippen LogP contribution is -2.40. The molecule has 4 nitrogen and oxygen atoms in total. The van der Waals surface area contributed by atoms with Gasteiger partial charge in [0.2, 0.25) is 5.91 Å². The number of carbonyl (C=O) groups is 2. The minimum Gasteiger partial charge on any atom is -0.481 e. The van der Waals surface area contributed by atoms with Crippen LogP contribution in [0.1, 0.15) is 52.2 Å². The SMILES string of the molecule is CC(NC(=O)CCc1ccc(C(C)(C)C)cc1)C(C)C(=O)O. The third kappa shape index (κ3) is 5.51. The van der Waals surface area contributed by atoms with Gasteiger partial charge < -0.3 is 10.4 Å². The van der Waals surface area contributed by atoms with Gasteiger partial charge in [-0.15, -0.1) is 0 Å². The van der Waals surface area contributed by atoms with Crippen molar-refractivity contribution < 1.29 is 14.7 Å². The van der Waals surface area contributed by atoms with Gasteiger partial charge in [0.15, 0.2) is 0 Å². The van der Waals surface area contributed by atoms with E-state index in [2.05, 4.69) is 50.4 Å². The number of aryl methyl sites for hydroxylation is 1. The molecular formula is C18H27NO3. The molecule has 1 aromatic carbocycles. The van der Waals surface area contributed by atoms with Crippen LogP contribution >= 0.6 is 0 Å². The van der Waals surface area contributed by atoms with Crippen molar-refractivity contribution in [1.29, 1.82) is 0 Å². The van der Waals surface area contributed by atoms with Crippen LogP contribution in [0.5, 0.6) is 0 Å². The van der Waals surface area contributed by atoms with E-state index in [1.807, 2.05) is 0 Å². The number of benzene rings is 1. The van der Waals surface area contributed by atoms with E-state index in [-0.39, 0.29) is 17.4 Å². The first kappa shape index (κ1) is 18.2. The van der Waals surface area contributed by atoms with Crippen LogP contribution in [0.15, 0.2) is 24.3 Å². The summed E-state index contributed by atoms with van der Waals surface area (Å²) in [6.07, 6.45) is 1.02. The number of amides is 1. The van der Waals surface area contributed by atoms with Gasteiger partial charge in [-0.1, -0.05) is 45.0 Å². The Balaban J connectivity index is 2.49. The van der Waals surface area contributed by atoms with Crippen LogP contribution in [0.2, 0.25) is 0 Å². The molecule has 0 heterocycles. The van der Waals surface area contributed by atoms with Gasteiger partial charge in [0.25, 0.3) is 0 Å². The Morgan fingerprint density at radius 3 is 2.14 bits per heavy atom. The van der Waals surface area contributed by atoms with Crippen LogP contribution in [0.3, 0.4) is 0 Å². The smallest absolute Gasteiger partial charge is 0.308 e. The maximum Gasteiger partial charge on any atom is 0.308 e. The number of hydrogen-bond acceptors (Lipinski definition) is 2. The highest BCUT2D eigenvalue weighted by atomic mass is 16.4. The first-order valence-corrected chi connectivity index (χ1v) is 7.73. The van der Waals surface area contributed by atoms with Crippen molar-refractivity contribution >= 4 is 11.9 Å². The van der Waals surface area contributed by atoms with Crippen molar-refractivity contribution in [2.75, 3.05) is 0 Å². The zero-order valence-corrected chi connectivity index (χ0v) is 14.1. The van der Waals surface area contributed by atoms with Crippen LogP contribution in [-0.2, 0) is 21.4 Å². The third-order valence-electron chi connectivity index (χ3n) is 3.99. The van der Waals surface area contributed by atoms with E-state index >= 15 is 0 Å². The lowest BCUT2D eigenvalue weighted by Gasteiger charge is -2.19. The second kappa shape index (κ2) is 7.43. The molecule has 0 radical (unpaired) electrons. The van der Waals surface area contributed by atoms with Crippen LogP contribution < -0.4 is 5.32 Å². The van der Waals surface area contributed by atoms with E-state index < -0.39 is 11.9 Å². The average molecular weight is 305 g/mol. The first-order valence-electron chi connectivity index (χ1n) is 7.73. The molecule has 4 heteroatoms. The summed E-state index contributed by atoms with van der Waals surface area (Å²) in [7, 11) is 0. The van der Waals surface area contributed by atoms with E-state index in [0.717, 1.165) is 5.56 Å². The number of hydrogen-bond donors (Lipinski definition) is 2. The molecule has 1 rings (SSSR count). The molecule has 0 aliphatic carbocycles. The molecule has 1 amide bonds. The zero-order valence-electron chi connectivity index (χ0n) is 14.1. The Hall–Kier alpha value is -1.84. The molecule has 122 valence electrons. The zero-order chi connectivity index (χ0) is 16.9. The van der Waals surface area contributed by atoms with Crippen molar-refractivity contribution in [2.45, 2.75) is 58.9 Å². The third-order valence-corrected chi connectivity index (χ3v) is 3.99. The van der Waals surface area contributed by atoms with Gasteiger partial charge in [0.05, 0.1) is 5.92 Å². The van der Waals surface area contributed by atoms with Gasteiger partial charge in [-0.3, -0.25) is 9.59 Å². The molecule has 2 N–H and O–H groups in total. The van der Waals surface area contributed by atoms with E-state index in [9.17, 15) is 9.59 Å². The second-order valence-corrected chi connectivity index (χ2v) is 6.93. The minimum atomic E-state index is -0.898. The number of carboxylic acids is 1. The summed E-state index contributed by atoms with van der Waals surface area (Å²) in [6, 6.07) is 7.94. The van der Waals surface area contributed by atoms with Crippen molar-refractivity contribution in [3.63, 3.8) is 0 Å². The summed E-state index contributed by atoms with van der Waals surface area (Å²) in [5, 5.41) is 11.7. The van der Waals surface area contributed by atoms with E-state index in [4.69, 9.17) is 5.11 Å². The molecular weight excluding hydrogens is 278 g/mol. The Kier molecular flexibility index (Phi) is 6.15. The van der Waals surface area contributed by atoms with Gasteiger partial charge >= 0.3 is 5.97 Å². The summed E-state index contributed by atoms with van der Waals surface area (Å²) >= 11 is 0. The maximum atomic E-state index is 11.9. The minimum absolute atomic E-state index is 0.111. The lowest BCUT2D eigenvalue weighted by molar-refractivity contribution is -0.142. The summed E-state index contributed by atoms with van der Waals surface area (Å²) in [5.41, 5.74) is 2.50. The van der Waals surface area contributed by atoms with Crippen molar-refractivity contribution in [2.24, 2.45) is 5.92 Å². The van der Waals surface area contributed by atoms with Crippen molar-refractivity contribution in [1.82, 2.24) is 5.32 Å². The maximum absolute atomic E-state index is 11.9. The fourth-order valence-electron chi connectivity index (χ4n) is 2.09. The number of nitrogens with one attached hydrogen (secondary N) is 1. The van der Waals surface area contributed by atoms with Crippen molar-refractivity contribution in [3.8, 4) is 0 Å². The monoisotopic (exact) mass is 305 g/mol.